The first-order valence-corrected chi connectivity index (χ1v) is 5.72. The molecular formula is C14H14F2N2. The normalized spacial score (nSPS) is 12.4. The van der Waals surface area contributed by atoms with E-state index in [1.807, 2.05) is 19.2 Å². The van der Waals surface area contributed by atoms with Crippen molar-refractivity contribution in [3.8, 4) is 0 Å². The first-order chi connectivity index (χ1) is 8.72. The third kappa shape index (κ3) is 2.71. The van der Waals surface area contributed by atoms with Gasteiger partial charge in [0, 0.05) is 24.9 Å². The van der Waals surface area contributed by atoms with Gasteiger partial charge >= 0.3 is 0 Å². The molecule has 0 fully saturated rings. The Kier molecular flexibility index (Phi) is 3.99. The van der Waals surface area contributed by atoms with Gasteiger partial charge in [0.25, 0.3) is 0 Å². The molecule has 0 saturated carbocycles. The fourth-order valence-electron chi connectivity index (χ4n) is 1.94. The maximum atomic E-state index is 13.3. The summed E-state index contributed by atoms with van der Waals surface area (Å²) in [5.41, 5.74) is 1.70. The van der Waals surface area contributed by atoms with E-state index in [-0.39, 0.29) is 5.92 Å². The van der Waals surface area contributed by atoms with Crippen molar-refractivity contribution >= 4 is 0 Å². The Morgan fingerprint density at radius 1 is 1.17 bits per heavy atom. The molecule has 1 atom stereocenters. The fraction of sp³-hybridized carbons (Fsp3) is 0.214. The number of nitrogens with zero attached hydrogens (tertiary/aromatic N) is 1. The molecule has 0 radical (unpaired) electrons. The molecule has 0 aliphatic heterocycles. The highest BCUT2D eigenvalue weighted by atomic mass is 19.2. The van der Waals surface area contributed by atoms with Crippen LogP contribution in [0.5, 0.6) is 0 Å². The number of pyridine rings is 1. The number of nitrogens with one attached hydrogen (secondary N) is 1. The van der Waals surface area contributed by atoms with Crippen LogP contribution in [-0.4, -0.2) is 18.6 Å². The van der Waals surface area contributed by atoms with Gasteiger partial charge in [-0.1, -0.05) is 12.1 Å². The second-order valence-corrected chi connectivity index (χ2v) is 4.07. The lowest BCUT2D eigenvalue weighted by atomic mass is 9.92. The van der Waals surface area contributed by atoms with Crippen molar-refractivity contribution in [2.75, 3.05) is 13.6 Å². The Morgan fingerprint density at radius 2 is 2.00 bits per heavy atom. The Morgan fingerprint density at radius 3 is 2.61 bits per heavy atom. The molecule has 2 nitrogen and oxygen atoms in total. The van der Waals surface area contributed by atoms with Gasteiger partial charge in [0.1, 0.15) is 0 Å². The van der Waals surface area contributed by atoms with Gasteiger partial charge in [-0.25, -0.2) is 8.78 Å². The van der Waals surface area contributed by atoms with E-state index >= 15 is 0 Å². The number of aromatic nitrogens is 1. The molecule has 2 rings (SSSR count). The van der Waals surface area contributed by atoms with Crippen molar-refractivity contribution in [2.24, 2.45) is 0 Å². The third-order valence-electron chi connectivity index (χ3n) is 2.84. The summed E-state index contributed by atoms with van der Waals surface area (Å²) in [5, 5.41) is 3.05. The molecule has 0 bridgehead atoms. The van der Waals surface area contributed by atoms with Gasteiger partial charge in [0.2, 0.25) is 0 Å². The summed E-state index contributed by atoms with van der Waals surface area (Å²) in [7, 11) is 1.82. The van der Waals surface area contributed by atoms with E-state index in [0.717, 1.165) is 17.2 Å². The van der Waals surface area contributed by atoms with Crippen LogP contribution in [0.3, 0.4) is 0 Å². The van der Waals surface area contributed by atoms with Gasteiger partial charge in [0.15, 0.2) is 11.6 Å². The maximum Gasteiger partial charge on any atom is 0.159 e. The van der Waals surface area contributed by atoms with Gasteiger partial charge in [-0.2, -0.15) is 0 Å². The van der Waals surface area contributed by atoms with Crippen molar-refractivity contribution in [3.05, 3.63) is 65.5 Å². The minimum atomic E-state index is -0.826. The highest BCUT2D eigenvalue weighted by Gasteiger charge is 2.15. The van der Waals surface area contributed by atoms with E-state index in [9.17, 15) is 8.78 Å². The van der Waals surface area contributed by atoms with E-state index < -0.39 is 11.6 Å². The largest absolute Gasteiger partial charge is 0.319 e. The second-order valence-electron chi connectivity index (χ2n) is 4.07. The first kappa shape index (κ1) is 12.6. The smallest absolute Gasteiger partial charge is 0.159 e. The summed E-state index contributed by atoms with van der Waals surface area (Å²) in [6.07, 6.45) is 3.43. The monoisotopic (exact) mass is 248 g/mol. The topological polar surface area (TPSA) is 24.9 Å². The lowest BCUT2D eigenvalue weighted by Gasteiger charge is -2.17. The van der Waals surface area contributed by atoms with Crippen LogP contribution in [-0.2, 0) is 0 Å². The zero-order valence-electron chi connectivity index (χ0n) is 10.0. The lowest BCUT2D eigenvalue weighted by molar-refractivity contribution is 0.505. The molecule has 1 aromatic heterocycles. The average molecular weight is 248 g/mol. The van der Waals surface area contributed by atoms with Crippen molar-refractivity contribution in [1.82, 2.24) is 10.3 Å². The Balaban J connectivity index is 2.38. The highest BCUT2D eigenvalue weighted by molar-refractivity contribution is 5.32. The molecule has 0 amide bonds. The molecule has 0 saturated heterocycles. The second kappa shape index (κ2) is 5.69. The van der Waals surface area contributed by atoms with Gasteiger partial charge in [-0.3, -0.25) is 4.98 Å². The molecule has 18 heavy (non-hydrogen) atoms. The van der Waals surface area contributed by atoms with Crippen LogP contribution >= 0.6 is 0 Å². The minimum Gasteiger partial charge on any atom is -0.319 e. The van der Waals surface area contributed by atoms with E-state index in [0.29, 0.717) is 6.54 Å². The van der Waals surface area contributed by atoms with Crippen LogP contribution in [0.1, 0.15) is 17.0 Å². The standard InChI is InChI=1S/C14H14F2N2/c1-17-9-12(11-3-2-6-18-8-11)10-4-5-13(15)14(16)7-10/h2-8,12,17H,9H2,1H3. The molecule has 1 heterocycles. The highest BCUT2D eigenvalue weighted by Crippen LogP contribution is 2.24. The maximum absolute atomic E-state index is 13.3. The molecule has 1 aromatic carbocycles. The quantitative estimate of drug-likeness (QED) is 0.899. The summed E-state index contributed by atoms with van der Waals surface area (Å²) in [5.74, 6) is -1.69. The minimum absolute atomic E-state index is 0.0428. The van der Waals surface area contributed by atoms with Crippen LogP contribution in [0.4, 0.5) is 8.78 Å². The molecule has 0 aliphatic rings. The van der Waals surface area contributed by atoms with Crippen LogP contribution in [0.2, 0.25) is 0 Å². The molecule has 1 unspecified atom stereocenters. The van der Waals surface area contributed by atoms with E-state index in [2.05, 4.69) is 10.3 Å². The van der Waals surface area contributed by atoms with Crippen LogP contribution in [0.15, 0.2) is 42.7 Å². The summed E-state index contributed by atoms with van der Waals surface area (Å²) in [4.78, 5) is 4.06. The van der Waals surface area contributed by atoms with Gasteiger partial charge < -0.3 is 5.32 Å². The number of hydrogen-bond acceptors (Lipinski definition) is 2. The van der Waals surface area contributed by atoms with Crippen molar-refractivity contribution in [2.45, 2.75) is 5.92 Å². The summed E-state index contributed by atoms with van der Waals surface area (Å²) >= 11 is 0. The fourth-order valence-corrected chi connectivity index (χ4v) is 1.94. The number of likely N-dealkylation sites (N-methyl/N-ethyl adjacent to an activating group) is 1. The SMILES string of the molecule is CNCC(c1cccnc1)c1ccc(F)c(F)c1. The van der Waals surface area contributed by atoms with Crippen molar-refractivity contribution in [1.29, 1.82) is 0 Å². The Hall–Kier alpha value is -1.81. The predicted molar refractivity (Wildman–Crippen MR) is 66.4 cm³/mol. The summed E-state index contributed by atoms with van der Waals surface area (Å²) in [6.45, 7) is 0.636. The zero-order valence-corrected chi connectivity index (χ0v) is 10.0. The molecule has 0 spiro atoms. The molecule has 2 aromatic rings. The van der Waals surface area contributed by atoms with Gasteiger partial charge in [0.05, 0.1) is 0 Å². The lowest BCUT2D eigenvalue weighted by Crippen LogP contribution is -2.18. The van der Waals surface area contributed by atoms with E-state index in [1.165, 1.54) is 6.07 Å². The summed E-state index contributed by atoms with van der Waals surface area (Å²) < 4.78 is 26.2. The number of benzene rings is 1. The molecule has 1 N–H and O–H groups in total. The molecule has 94 valence electrons. The van der Waals surface area contributed by atoms with Crippen LogP contribution < -0.4 is 5.32 Å². The first-order valence-electron chi connectivity index (χ1n) is 5.72. The number of hydrogen-bond donors (Lipinski definition) is 1. The van der Waals surface area contributed by atoms with E-state index in [1.54, 1.807) is 18.5 Å². The zero-order chi connectivity index (χ0) is 13.0. The van der Waals surface area contributed by atoms with Crippen molar-refractivity contribution in [3.63, 3.8) is 0 Å². The van der Waals surface area contributed by atoms with Crippen LogP contribution in [0.25, 0.3) is 0 Å². The molecule has 0 aliphatic carbocycles. The Labute approximate surface area is 105 Å². The predicted octanol–water partition coefficient (Wildman–Crippen LogP) is 2.71. The molecular weight excluding hydrogens is 234 g/mol. The van der Waals surface area contributed by atoms with Crippen molar-refractivity contribution < 1.29 is 8.78 Å². The van der Waals surface area contributed by atoms with E-state index in [4.69, 9.17) is 0 Å². The Bertz CT molecular complexity index is 514. The van der Waals surface area contributed by atoms with Crippen LogP contribution in [0, 0.1) is 11.6 Å². The van der Waals surface area contributed by atoms with Gasteiger partial charge in [-0.15, -0.1) is 0 Å². The molecule has 4 heteroatoms. The van der Waals surface area contributed by atoms with Gasteiger partial charge in [-0.05, 0) is 36.4 Å². The number of rotatable bonds is 4. The number of halogens is 2. The third-order valence-corrected chi connectivity index (χ3v) is 2.84. The average Bonchev–Trinajstić information content (AvgIpc) is 2.40. The summed E-state index contributed by atoms with van der Waals surface area (Å²) in [6, 6.07) is 7.76.